The zero-order valence-electron chi connectivity index (χ0n) is 31.7. The molecule has 18 nitrogen and oxygen atoms in total. The second-order valence-electron chi connectivity index (χ2n) is 13.5. The summed E-state index contributed by atoms with van der Waals surface area (Å²) in [6, 6.07) is 22.9. The minimum absolute atomic E-state index is 0.0872. The Kier molecular flexibility index (Phi) is 10.8. The predicted octanol–water partition coefficient (Wildman–Crippen LogP) is 6.85. The van der Waals surface area contributed by atoms with Crippen molar-refractivity contribution >= 4 is 32.9 Å². The van der Waals surface area contributed by atoms with Crippen molar-refractivity contribution in [3.05, 3.63) is 140 Å². The molecule has 0 saturated heterocycles. The molecule has 0 atom stereocenters. The molecule has 9 rings (SSSR count). The number of rotatable bonds is 3. The summed E-state index contributed by atoms with van der Waals surface area (Å²) in [6.07, 6.45) is 0. The molecule has 318 valence electrons. The molecule has 0 fully saturated rings. The van der Waals surface area contributed by atoms with Crippen LogP contribution in [-0.2, 0) is 0 Å². The molecule has 6 aromatic carbocycles. The van der Waals surface area contributed by atoms with Crippen molar-refractivity contribution in [2.75, 3.05) is 0 Å². The zero-order valence-corrected chi connectivity index (χ0v) is 31.7. The van der Waals surface area contributed by atoms with Gasteiger partial charge in [-0.25, -0.2) is 0 Å². The molecule has 0 aliphatic rings. The second-order valence-corrected chi connectivity index (χ2v) is 13.5. The van der Waals surface area contributed by atoms with Crippen LogP contribution >= 0.6 is 0 Å². The average molecular weight is 859 g/mol. The maximum atomic E-state index is 12.1. The number of phenols is 9. The van der Waals surface area contributed by atoms with E-state index < -0.39 is 50.8 Å². The fourth-order valence-corrected chi connectivity index (χ4v) is 6.10. The van der Waals surface area contributed by atoms with Gasteiger partial charge in [0.15, 0.2) is 51.8 Å². The van der Waals surface area contributed by atoms with Crippen molar-refractivity contribution in [3.63, 3.8) is 0 Å². The average Bonchev–Trinajstić information content (AvgIpc) is 3.25. The largest absolute Gasteiger partial charge is 0.508 e. The van der Waals surface area contributed by atoms with E-state index in [4.69, 9.17) is 13.3 Å². The number of fused-ring (bicyclic) bond motifs is 3. The van der Waals surface area contributed by atoms with E-state index in [1.807, 2.05) is 0 Å². The second kappa shape index (κ2) is 16.3. The lowest BCUT2D eigenvalue weighted by molar-refractivity contribution is 0.403. The highest BCUT2D eigenvalue weighted by Crippen LogP contribution is 2.38. The Balaban J connectivity index is 0.000000142. The summed E-state index contributed by atoms with van der Waals surface area (Å²) in [5.41, 5.74) is -1.03. The summed E-state index contributed by atoms with van der Waals surface area (Å²) in [5, 5.41) is 115. The van der Waals surface area contributed by atoms with Gasteiger partial charge in [-0.2, -0.15) is 0 Å². The Labute approximate surface area is 349 Å². The molecule has 0 aliphatic heterocycles. The summed E-state index contributed by atoms with van der Waals surface area (Å²) in [6.45, 7) is 0. The number of hydrogen-bond donors (Lipinski definition) is 12. The molecule has 9 aromatic rings. The fourth-order valence-electron chi connectivity index (χ4n) is 6.10. The lowest BCUT2D eigenvalue weighted by Gasteiger charge is -2.07. The minimum atomic E-state index is -0.654. The highest BCUT2D eigenvalue weighted by atomic mass is 16.4. The summed E-state index contributed by atoms with van der Waals surface area (Å²) < 4.78 is 16.3. The number of benzene rings is 6. The first kappa shape index (κ1) is 41.7. The van der Waals surface area contributed by atoms with Crippen molar-refractivity contribution in [1.29, 1.82) is 0 Å². The van der Waals surface area contributed by atoms with Crippen molar-refractivity contribution in [2.24, 2.45) is 0 Å². The van der Waals surface area contributed by atoms with E-state index in [0.29, 0.717) is 0 Å². The Hall–Kier alpha value is -9.45. The summed E-state index contributed by atoms with van der Waals surface area (Å²) >= 11 is 0. The lowest BCUT2D eigenvalue weighted by atomic mass is 10.1. The molecule has 3 heterocycles. The molecular formula is C45H30O18. The minimum Gasteiger partial charge on any atom is -0.508 e. The first-order valence-corrected chi connectivity index (χ1v) is 17.9. The van der Waals surface area contributed by atoms with E-state index >= 15 is 0 Å². The van der Waals surface area contributed by atoms with Crippen LogP contribution in [0.25, 0.3) is 66.9 Å². The van der Waals surface area contributed by atoms with Crippen LogP contribution in [0.15, 0.2) is 137 Å². The van der Waals surface area contributed by atoms with Gasteiger partial charge >= 0.3 is 0 Å². The predicted molar refractivity (Wildman–Crippen MR) is 224 cm³/mol. The van der Waals surface area contributed by atoms with Gasteiger partial charge in [0, 0.05) is 34.9 Å². The molecule has 3 aromatic heterocycles. The van der Waals surface area contributed by atoms with E-state index in [1.165, 1.54) is 91.0 Å². The van der Waals surface area contributed by atoms with Crippen LogP contribution < -0.4 is 16.3 Å². The third kappa shape index (κ3) is 8.13. The van der Waals surface area contributed by atoms with Gasteiger partial charge in [-0.1, -0.05) is 0 Å². The maximum absolute atomic E-state index is 12.1. The maximum Gasteiger partial charge on any atom is 0.235 e. The van der Waals surface area contributed by atoms with Crippen LogP contribution in [0, 0.1) is 0 Å². The molecule has 0 aliphatic carbocycles. The van der Waals surface area contributed by atoms with Crippen molar-refractivity contribution in [2.45, 2.75) is 0 Å². The molecule has 0 saturated carbocycles. The third-order valence-electron chi connectivity index (χ3n) is 9.27. The monoisotopic (exact) mass is 858 g/mol. The molecule has 0 bridgehead atoms. The van der Waals surface area contributed by atoms with E-state index in [-0.39, 0.29) is 101 Å². The van der Waals surface area contributed by atoms with Crippen LogP contribution in [-0.4, -0.2) is 61.3 Å². The Morgan fingerprint density at radius 3 is 0.778 bits per heavy atom. The number of phenolic OH excluding ortho intramolecular Hbond substituents is 9. The van der Waals surface area contributed by atoms with Crippen LogP contribution in [0.4, 0.5) is 0 Å². The van der Waals surface area contributed by atoms with Gasteiger partial charge in [-0.15, -0.1) is 0 Å². The highest BCUT2D eigenvalue weighted by Gasteiger charge is 2.20. The van der Waals surface area contributed by atoms with E-state index in [2.05, 4.69) is 0 Å². The van der Waals surface area contributed by atoms with E-state index in [0.717, 1.165) is 18.2 Å². The third-order valence-corrected chi connectivity index (χ3v) is 9.27. The Morgan fingerprint density at radius 1 is 0.286 bits per heavy atom. The van der Waals surface area contributed by atoms with Gasteiger partial charge in [-0.3, -0.25) is 14.4 Å². The summed E-state index contributed by atoms with van der Waals surface area (Å²) in [4.78, 5) is 36.2. The van der Waals surface area contributed by atoms with Gasteiger partial charge in [0.05, 0.1) is 16.2 Å². The van der Waals surface area contributed by atoms with E-state index in [1.54, 1.807) is 0 Å². The van der Waals surface area contributed by atoms with Crippen molar-refractivity contribution in [3.8, 4) is 103 Å². The molecular weight excluding hydrogens is 828 g/mol. The van der Waals surface area contributed by atoms with Crippen LogP contribution in [0.1, 0.15) is 0 Å². The highest BCUT2D eigenvalue weighted by molar-refractivity contribution is 5.85. The number of hydrogen-bond acceptors (Lipinski definition) is 18. The lowest BCUT2D eigenvalue weighted by Crippen LogP contribution is -2.02. The topological polar surface area (TPSA) is 333 Å². The standard InChI is InChI=1S/3C15H10O6/c3*16-8-2-3-9-12(6-8)21-15(14(20)13(9)19)7-1-4-10(17)11(18)5-7/h3*1-6,16-18,20H. The van der Waals surface area contributed by atoms with Gasteiger partial charge in [0.25, 0.3) is 0 Å². The Morgan fingerprint density at radius 2 is 0.540 bits per heavy atom. The van der Waals surface area contributed by atoms with Crippen LogP contribution in [0.5, 0.6) is 69.0 Å². The molecule has 63 heavy (non-hydrogen) atoms. The summed E-state index contributed by atoms with van der Waals surface area (Å²) in [5.74, 6) is -4.81. The quantitative estimate of drug-likeness (QED) is 0.0808. The number of aromatic hydroxyl groups is 12. The van der Waals surface area contributed by atoms with Gasteiger partial charge in [-0.05, 0) is 91.0 Å². The Bertz CT molecular complexity index is 3090. The first-order chi connectivity index (χ1) is 29.9. The smallest absolute Gasteiger partial charge is 0.235 e. The van der Waals surface area contributed by atoms with Gasteiger partial charge in [0.1, 0.15) is 34.0 Å². The molecule has 18 heteroatoms. The van der Waals surface area contributed by atoms with Crippen LogP contribution in [0.2, 0.25) is 0 Å². The normalized spacial score (nSPS) is 10.9. The fraction of sp³-hybridized carbons (Fsp3) is 0. The molecule has 0 amide bonds. The molecule has 0 spiro atoms. The van der Waals surface area contributed by atoms with Crippen molar-refractivity contribution < 1.29 is 74.5 Å². The molecule has 0 radical (unpaired) electrons. The summed E-state index contributed by atoms with van der Waals surface area (Å²) in [7, 11) is 0. The van der Waals surface area contributed by atoms with Crippen LogP contribution in [0.3, 0.4) is 0 Å². The SMILES string of the molecule is O=c1c(O)c(-c2ccc(O)c(O)c2)oc2cc(O)ccc12.O=c1c(O)c(-c2ccc(O)c(O)c2)oc2cc(O)ccc12.O=c1c(O)c(-c2ccc(O)c(O)c2)oc2cc(O)ccc12. The van der Waals surface area contributed by atoms with Gasteiger partial charge in [0.2, 0.25) is 33.5 Å². The molecule has 12 N–H and O–H groups in total. The van der Waals surface area contributed by atoms with Gasteiger partial charge < -0.3 is 74.5 Å². The molecule has 0 unspecified atom stereocenters. The first-order valence-electron chi connectivity index (χ1n) is 17.9. The van der Waals surface area contributed by atoms with Crippen molar-refractivity contribution in [1.82, 2.24) is 0 Å². The zero-order chi connectivity index (χ0) is 45.4. The van der Waals surface area contributed by atoms with E-state index in [9.17, 15) is 75.7 Å².